The summed E-state index contributed by atoms with van der Waals surface area (Å²) in [5.74, 6) is 0. The van der Waals surface area contributed by atoms with Crippen molar-refractivity contribution in [3.05, 3.63) is 29.8 Å². The molecule has 0 aromatic heterocycles. The first-order valence-corrected chi connectivity index (χ1v) is 9.18. The van der Waals surface area contributed by atoms with E-state index in [4.69, 9.17) is 0 Å². The molecule has 21 heavy (non-hydrogen) atoms. The number of aliphatic hydroxyl groups excluding tert-OH is 1. The Morgan fingerprint density at radius 2 is 1.76 bits per heavy atom. The molecule has 116 valence electrons. The molecule has 2 fully saturated rings. The molecule has 5 heteroatoms. The lowest BCUT2D eigenvalue weighted by Crippen LogP contribution is -2.53. The van der Waals surface area contributed by atoms with Crippen LogP contribution in [0.2, 0.25) is 0 Å². The number of rotatable bonds is 2. The topological polar surface area (TPSA) is 57.6 Å². The molecule has 1 atom stereocenters. The number of hydrogen-bond donors (Lipinski definition) is 1. The lowest BCUT2D eigenvalue weighted by Gasteiger charge is -2.42. The van der Waals surface area contributed by atoms with Crippen molar-refractivity contribution in [1.82, 2.24) is 4.31 Å². The Balaban J connectivity index is 1.99. The molecular formula is C16H23NO3S. The molecule has 1 aromatic carbocycles. The Kier molecular flexibility index (Phi) is 3.84. The first-order chi connectivity index (χ1) is 9.97. The van der Waals surface area contributed by atoms with Gasteiger partial charge in [-0.05, 0) is 38.3 Å². The fraction of sp³-hybridized carbons (Fsp3) is 0.625. The van der Waals surface area contributed by atoms with E-state index >= 15 is 0 Å². The largest absolute Gasteiger partial charge is 0.391 e. The zero-order valence-corrected chi connectivity index (χ0v) is 13.3. The molecule has 1 aromatic rings. The Morgan fingerprint density at radius 3 is 2.38 bits per heavy atom. The average molecular weight is 309 g/mol. The van der Waals surface area contributed by atoms with E-state index in [1.54, 1.807) is 16.4 Å². The highest BCUT2D eigenvalue weighted by Gasteiger charge is 2.53. The van der Waals surface area contributed by atoms with Crippen LogP contribution < -0.4 is 0 Å². The molecular weight excluding hydrogens is 286 g/mol. The quantitative estimate of drug-likeness (QED) is 0.913. The van der Waals surface area contributed by atoms with Crippen molar-refractivity contribution in [3.8, 4) is 0 Å². The monoisotopic (exact) mass is 309 g/mol. The zero-order valence-electron chi connectivity index (χ0n) is 12.5. The Bertz CT molecular complexity index is 603. The third kappa shape index (κ3) is 2.41. The number of sulfonamides is 1. The third-order valence-corrected chi connectivity index (χ3v) is 7.05. The van der Waals surface area contributed by atoms with E-state index < -0.39 is 21.7 Å². The summed E-state index contributed by atoms with van der Waals surface area (Å²) in [6.45, 7) is 2.37. The van der Waals surface area contributed by atoms with Crippen molar-refractivity contribution in [2.45, 2.75) is 62.0 Å². The molecule has 0 unspecified atom stereocenters. The lowest BCUT2D eigenvalue weighted by molar-refractivity contribution is 0.0357. The minimum atomic E-state index is -3.52. The lowest BCUT2D eigenvalue weighted by atomic mass is 9.79. The summed E-state index contributed by atoms with van der Waals surface area (Å²) in [6.07, 6.45) is 4.70. The van der Waals surface area contributed by atoms with Crippen LogP contribution in [0, 0.1) is 6.92 Å². The van der Waals surface area contributed by atoms with Crippen LogP contribution >= 0.6 is 0 Å². The van der Waals surface area contributed by atoms with E-state index in [0.717, 1.165) is 37.7 Å². The van der Waals surface area contributed by atoms with Gasteiger partial charge in [0, 0.05) is 6.54 Å². The average Bonchev–Trinajstić information content (AvgIpc) is 2.78. The number of nitrogens with zero attached hydrogens (tertiary/aromatic N) is 1. The minimum absolute atomic E-state index is 0.340. The maximum absolute atomic E-state index is 13.0. The Hall–Kier alpha value is -0.910. The van der Waals surface area contributed by atoms with E-state index in [2.05, 4.69) is 0 Å². The molecule has 1 N–H and O–H groups in total. The summed E-state index contributed by atoms with van der Waals surface area (Å²) >= 11 is 0. The standard InChI is InChI=1S/C16H23NO3S/c1-13-5-7-14(8-6-13)21(19,20)17-12-9-15(18)16(17)10-3-2-4-11-16/h5-8,15,18H,2-4,9-12H2,1H3/t15-/m1/s1. The molecule has 1 aliphatic carbocycles. The third-order valence-electron chi connectivity index (χ3n) is 5.05. The fourth-order valence-electron chi connectivity index (χ4n) is 3.84. The van der Waals surface area contributed by atoms with Crippen LogP contribution in [0.4, 0.5) is 0 Å². The van der Waals surface area contributed by atoms with Crippen LogP contribution in [0.15, 0.2) is 29.2 Å². The maximum atomic E-state index is 13.0. The molecule has 0 amide bonds. The molecule has 4 nitrogen and oxygen atoms in total. The second kappa shape index (κ2) is 5.38. The Morgan fingerprint density at radius 1 is 1.14 bits per heavy atom. The molecule has 1 spiro atoms. The molecule has 1 heterocycles. The number of hydrogen-bond acceptors (Lipinski definition) is 3. The molecule has 1 saturated heterocycles. The molecule has 2 aliphatic rings. The van der Waals surface area contributed by atoms with Gasteiger partial charge in [0.25, 0.3) is 0 Å². The van der Waals surface area contributed by atoms with Crippen molar-refractivity contribution in [2.24, 2.45) is 0 Å². The molecule has 0 bridgehead atoms. The van der Waals surface area contributed by atoms with Gasteiger partial charge in [0.05, 0.1) is 16.5 Å². The van der Waals surface area contributed by atoms with Gasteiger partial charge < -0.3 is 5.11 Å². The first kappa shape index (κ1) is 15.0. The highest BCUT2D eigenvalue weighted by molar-refractivity contribution is 7.89. The highest BCUT2D eigenvalue weighted by atomic mass is 32.2. The van der Waals surface area contributed by atoms with Crippen LogP contribution in [0.5, 0.6) is 0 Å². The van der Waals surface area contributed by atoms with Crippen molar-refractivity contribution in [1.29, 1.82) is 0 Å². The van der Waals surface area contributed by atoms with Gasteiger partial charge in [-0.25, -0.2) is 8.42 Å². The number of aryl methyl sites for hydroxylation is 1. The number of benzene rings is 1. The molecule has 0 radical (unpaired) electrons. The second-order valence-corrected chi connectivity index (χ2v) is 8.22. The summed E-state index contributed by atoms with van der Waals surface area (Å²) in [7, 11) is -3.52. The second-order valence-electron chi connectivity index (χ2n) is 6.36. The normalized spacial score (nSPS) is 26.3. The van der Waals surface area contributed by atoms with Gasteiger partial charge >= 0.3 is 0 Å². The van der Waals surface area contributed by atoms with E-state index in [-0.39, 0.29) is 0 Å². The van der Waals surface area contributed by atoms with Crippen molar-refractivity contribution < 1.29 is 13.5 Å². The van der Waals surface area contributed by atoms with E-state index in [0.29, 0.717) is 17.9 Å². The van der Waals surface area contributed by atoms with Gasteiger partial charge in [-0.3, -0.25) is 0 Å². The van der Waals surface area contributed by atoms with Crippen LogP contribution in [-0.4, -0.2) is 36.0 Å². The SMILES string of the molecule is Cc1ccc(S(=O)(=O)N2CC[C@@H](O)C23CCCCC3)cc1. The molecule has 3 rings (SSSR count). The van der Waals surface area contributed by atoms with E-state index in [1.165, 1.54) is 0 Å². The van der Waals surface area contributed by atoms with Crippen molar-refractivity contribution in [3.63, 3.8) is 0 Å². The van der Waals surface area contributed by atoms with Gasteiger partial charge in [-0.15, -0.1) is 0 Å². The predicted molar refractivity (Wildman–Crippen MR) is 81.5 cm³/mol. The molecule has 1 aliphatic heterocycles. The zero-order chi connectivity index (χ0) is 15.1. The van der Waals surface area contributed by atoms with Crippen LogP contribution in [0.1, 0.15) is 44.1 Å². The van der Waals surface area contributed by atoms with Crippen LogP contribution in [0.25, 0.3) is 0 Å². The van der Waals surface area contributed by atoms with Crippen LogP contribution in [0.3, 0.4) is 0 Å². The fourth-order valence-corrected chi connectivity index (χ4v) is 5.70. The van der Waals surface area contributed by atoms with Gasteiger partial charge in [0.2, 0.25) is 10.0 Å². The highest BCUT2D eigenvalue weighted by Crippen LogP contribution is 2.44. The van der Waals surface area contributed by atoms with Crippen LogP contribution in [-0.2, 0) is 10.0 Å². The predicted octanol–water partition coefficient (Wildman–Crippen LogP) is 2.45. The first-order valence-electron chi connectivity index (χ1n) is 7.74. The van der Waals surface area contributed by atoms with Gasteiger partial charge in [0.15, 0.2) is 0 Å². The minimum Gasteiger partial charge on any atom is -0.391 e. The van der Waals surface area contributed by atoms with Gasteiger partial charge in [-0.1, -0.05) is 37.0 Å². The van der Waals surface area contributed by atoms with E-state index in [1.807, 2.05) is 19.1 Å². The Labute approximate surface area is 126 Å². The van der Waals surface area contributed by atoms with Gasteiger partial charge in [-0.2, -0.15) is 4.31 Å². The summed E-state index contributed by atoms with van der Waals surface area (Å²) < 4.78 is 27.6. The smallest absolute Gasteiger partial charge is 0.243 e. The number of aliphatic hydroxyl groups is 1. The molecule has 1 saturated carbocycles. The summed E-state index contributed by atoms with van der Waals surface area (Å²) in [6, 6.07) is 7.00. The van der Waals surface area contributed by atoms with Crippen molar-refractivity contribution in [2.75, 3.05) is 6.54 Å². The maximum Gasteiger partial charge on any atom is 0.243 e. The van der Waals surface area contributed by atoms with Crippen molar-refractivity contribution >= 4 is 10.0 Å². The summed E-state index contributed by atoms with van der Waals surface area (Å²) in [4.78, 5) is 0.340. The summed E-state index contributed by atoms with van der Waals surface area (Å²) in [5.41, 5.74) is 0.477. The van der Waals surface area contributed by atoms with E-state index in [9.17, 15) is 13.5 Å². The van der Waals surface area contributed by atoms with Gasteiger partial charge in [0.1, 0.15) is 0 Å². The summed E-state index contributed by atoms with van der Waals surface area (Å²) in [5, 5.41) is 10.4.